The van der Waals surface area contributed by atoms with Crippen molar-refractivity contribution >= 4 is 11.9 Å². The monoisotopic (exact) mass is 253 g/mol. The minimum Gasteiger partial charge on any atom is -0.480 e. The van der Waals surface area contributed by atoms with E-state index in [4.69, 9.17) is 5.11 Å². The molecule has 4 heteroatoms. The topological polar surface area (TPSA) is 57.6 Å². The number of hydrogen-bond acceptors (Lipinski definition) is 2. The second-order valence-electron chi connectivity index (χ2n) is 5.65. The molecule has 0 spiro atoms. The average molecular weight is 253 g/mol. The van der Waals surface area contributed by atoms with Gasteiger partial charge in [-0.1, -0.05) is 12.8 Å². The van der Waals surface area contributed by atoms with Crippen LogP contribution in [0.4, 0.5) is 0 Å². The number of rotatable bonds is 6. The van der Waals surface area contributed by atoms with Crippen molar-refractivity contribution in [3.05, 3.63) is 0 Å². The lowest BCUT2D eigenvalue weighted by molar-refractivity contribution is -0.150. The van der Waals surface area contributed by atoms with Gasteiger partial charge in [-0.3, -0.25) is 9.59 Å². The molecule has 102 valence electrons. The van der Waals surface area contributed by atoms with Crippen LogP contribution in [0.3, 0.4) is 0 Å². The Balaban J connectivity index is 2.03. The Kier molecular flexibility index (Phi) is 4.25. The molecule has 0 aromatic heterocycles. The first-order valence-electron chi connectivity index (χ1n) is 7.14. The van der Waals surface area contributed by atoms with Gasteiger partial charge in [0.1, 0.15) is 6.54 Å². The van der Waals surface area contributed by atoms with Crippen LogP contribution < -0.4 is 0 Å². The van der Waals surface area contributed by atoms with Crippen LogP contribution in [0.25, 0.3) is 0 Å². The largest absolute Gasteiger partial charge is 0.480 e. The minimum atomic E-state index is -0.911. The number of aliphatic carboxylic acids is 1. The number of amides is 1. The number of carboxylic acid groups (broad SMARTS) is 1. The zero-order chi connectivity index (χ0) is 13.1. The molecule has 0 saturated heterocycles. The smallest absolute Gasteiger partial charge is 0.323 e. The summed E-state index contributed by atoms with van der Waals surface area (Å²) in [7, 11) is 0. The van der Waals surface area contributed by atoms with Gasteiger partial charge in [0.2, 0.25) is 5.91 Å². The highest BCUT2D eigenvalue weighted by Crippen LogP contribution is 2.45. The van der Waals surface area contributed by atoms with E-state index >= 15 is 0 Å². The maximum atomic E-state index is 12.5. The highest BCUT2D eigenvalue weighted by Gasteiger charge is 2.42. The number of likely N-dealkylation sites (N-methyl/N-ethyl adjacent to an activating group) is 1. The third-order valence-corrected chi connectivity index (χ3v) is 4.62. The molecule has 2 saturated carbocycles. The Bertz CT molecular complexity index is 307. The summed E-state index contributed by atoms with van der Waals surface area (Å²) in [4.78, 5) is 24.9. The Morgan fingerprint density at radius 3 is 1.94 bits per heavy atom. The standard InChI is InChI=1S/C14H23NO3/c1-2-15(9-12(16)17)14(18)13(10-5-3-6-10)11-7-4-8-11/h10-11,13H,2-9H2,1H3,(H,16,17). The van der Waals surface area contributed by atoms with E-state index < -0.39 is 5.97 Å². The Labute approximate surface area is 108 Å². The second kappa shape index (κ2) is 5.72. The normalized spacial score (nSPS) is 20.3. The molecular weight excluding hydrogens is 230 g/mol. The molecular formula is C14H23NO3. The molecule has 4 nitrogen and oxygen atoms in total. The number of nitrogens with zero attached hydrogens (tertiary/aromatic N) is 1. The SMILES string of the molecule is CCN(CC(=O)O)C(=O)C(C1CCC1)C1CCC1. The fourth-order valence-electron chi connectivity index (χ4n) is 3.11. The molecule has 2 rings (SSSR count). The van der Waals surface area contributed by atoms with Crippen LogP contribution >= 0.6 is 0 Å². The second-order valence-corrected chi connectivity index (χ2v) is 5.65. The van der Waals surface area contributed by atoms with Crippen LogP contribution in [0, 0.1) is 17.8 Å². The first-order valence-corrected chi connectivity index (χ1v) is 7.14. The molecule has 2 aliphatic rings. The summed E-state index contributed by atoms with van der Waals surface area (Å²) in [5, 5.41) is 8.87. The summed E-state index contributed by atoms with van der Waals surface area (Å²) in [5.41, 5.74) is 0. The predicted octanol–water partition coefficient (Wildman–Crippen LogP) is 2.14. The van der Waals surface area contributed by atoms with Crippen LogP contribution in [-0.4, -0.2) is 35.0 Å². The molecule has 0 aliphatic heterocycles. The van der Waals surface area contributed by atoms with Crippen LogP contribution in [0.15, 0.2) is 0 Å². The zero-order valence-corrected chi connectivity index (χ0v) is 11.1. The highest BCUT2D eigenvalue weighted by molar-refractivity contribution is 5.83. The third-order valence-electron chi connectivity index (χ3n) is 4.62. The van der Waals surface area contributed by atoms with Crippen LogP contribution in [-0.2, 0) is 9.59 Å². The average Bonchev–Trinajstić information content (AvgIpc) is 2.18. The van der Waals surface area contributed by atoms with E-state index in [0.717, 1.165) is 25.7 Å². The van der Waals surface area contributed by atoms with Gasteiger partial charge in [0.05, 0.1) is 0 Å². The van der Waals surface area contributed by atoms with Gasteiger partial charge in [-0.15, -0.1) is 0 Å². The quantitative estimate of drug-likeness (QED) is 0.789. The first-order chi connectivity index (χ1) is 8.63. The van der Waals surface area contributed by atoms with Crippen molar-refractivity contribution in [1.82, 2.24) is 4.90 Å². The molecule has 0 aromatic carbocycles. The van der Waals surface area contributed by atoms with E-state index in [0.29, 0.717) is 18.4 Å². The lowest BCUT2D eigenvalue weighted by Crippen LogP contribution is -2.47. The number of carboxylic acids is 1. The molecule has 0 heterocycles. The molecule has 0 radical (unpaired) electrons. The van der Waals surface area contributed by atoms with Crippen molar-refractivity contribution in [2.45, 2.75) is 45.4 Å². The van der Waals surface area contributed by atoms with E-state index in [1.807, 2.05) is 6.92 Å². The Morgan fingerprint density at radius 1 is 1.17 bits per heavy atom. The summed E-state index contributed by atoms with van der Waals surface area (Å²) in [6.07, 6.45) is 7.06. The Morgan fingerprint density at radius 2 is 1.67 bits per heavy atom. The number of carbonyl (C=O) groups is 2. The predicted molar refractivity (Wildman–Crippen MR) is 68.1 cm³/mol. The maximum Gasteiger partial charge on any atom is 0.323 e. The third kappa shape index (κ3) is 2.68. The minimum absolute atomic E-state index is 0.0919. The van der Waals surface area contributed by atoms with Crippen LogP contribution in [0.1, 0.15) is 45.4 Å². The van der Waals surface area contributed by atoms with Crippen molar-refractivity contribution in [2.24, 2.45) is 17.8 Å². The van der Waals surface area contributed by atoms with Gasteiger partial charge in [-0.25, -0.2) is 0 Å². The molecule has 1 N–H and O–H groups in total. The summed E-state index contributed by atoms with van der Waals surface area (Å²) in [6.45, 7) is 2.21. The van der Waals surface area contributed by atoms with E-state index in [-0.39, 0.29) is 18.4 Å². The van der Waals surface area contributed by atoms with Crippen LogP contribution in [0.2, 0.25) is 0 Å². The lowest BCUT2D eigenvalue weighted by atomic mass is 9.64. The van der Waals surface area contributed by atoms with Gasteiger partial charge < -0.3 is 10.0 Å². The van der Waals surface area contributed by atoms with Gasteiger partial charge in [0.15, 0.2) is 0 Å². The van der Waals surface area contributed by atoms with Crippen molar-refractivity contribution in [3.63, 3.8) is 0 Å². The van der Waals surface area contributed by atoms with Gasteiger partial charge in [0, 0.05) is 12.5 Å². The highest BCUT2D eigenvalue weighted by atomic mass is 16.4. The summed E-state index contributed by atoms with van der Waals surface area (Å²) >= 11 is 0. The van der Waals surface area contributed by atoms with Crippen molar-refractivity contribution in [3.8, 4) is 0 Å². The van der Waals surface area contributed by atoms with Crippen molar-refractivity contribution < 1.29 is 14.7 Å². The van der Waals surface area contributed by atoms with E-state index in [1.54, 1.807) is 0 Å². The molecule has 1 amide bonds. The maximum absolute atomic E-state index is 12.5. The molecule has 2 fully saturated rings. The lowest BCUT2D eigenvalue weighted by Gasteiger charge is -2.43. The Hall–Kier alpha value is -1.06. The van der Waals surface area contributed by atoms with E-state index in [9.17, 15) is 9.59 Å². The summed E-state index contributed by atoms with van der Waals surface area (Å²) in [5.74, 6) is 0.323. The summed E-state index contributed by atoms with van der Waals surface area (Å²) in [6, 6.07) is 0. The molecule has 0 bridgehead atoms. The number of carbonyl (C=O) groups excluding carboxylic acids is 1. The summed E-state index contributed by atoms with van der Waals surface area (Å²) < 4.78 is 0. The zero-order valence-electron chi connectivity index (χ0n) is 11.1. The van der Waals surface area contributed by atoms with Crippen molar-refractivity contribution in [2.75, 3.05) is 13.1 Å². The molecule has 0 unspecified atom stereocenters. The van der Waals surface area contributed by atoms with Gasteiger partial charge >= 0.3 is 5.97 Å². The van der Waals surface area contributed by atoms with Gasteiger partial charge in [0.25, 0.3) is 0 Å². The van der Waals surface area contributed by atoms with E-state index in [1.165, 1.54) is 17.7 Å². The molecule has 0 atom stereocenters. The van der Waals surface area contributed by atoms with Crippen molar-refractivity contribution in [1.29, 1.82) is 0 Å². The molecule has 0 aromatic rings. The fraction of sp³-hybridized carbons (Fsp3) is 0.857. The van der Waals surface area contributed by atoms with E-state index in [2.05, 4.69) is 0 Å². The van der Waals surface area contributed by atoms with Crippen LogP contribution in [0.5, 0.6) is 0 Å². The molecule has 18 heavy (non-hydrogen) atoms. The molecule has 2 aliphatic carbocycles. The fourth-order valence-corrected chi connectivity index (χ4v) is 3.11. The van der Waals surface area contributed by atoms with Gasteiger partial charge in [-0.2, -0.15) is 0 Å². The van der Waals surface area contributed by atoms with Gasteiger partial charge in [-0.05, 0) is 44.4 Å². The number of hydrogen-bond donors (Lipinski definition) is 1. The first kappa shape index (κ1) is 13.4.